The van der Waals surface area contributed by atoms with Gasteiger partial charge in [0.2, 0.25) is 5.91 Å². The van der Waals surface area contributed by atoms with Crippen molar-refractivity contribution in [3.63, 3.8) is 0 Å². The number of fused-ring (bicyclic) bond motifs is 1. The molecule has 15 heavy (non-hydrogen) atoms. The van der Waals surface area contributed by atoms with E-state index in [1.165, 1.54) is 11.0 Å². The molecule has 0 fully saturated rings. The number of nitrogens with two attached hydrogens (primary N) is 1. The maximum Gasteiger partial charge on any atom is 0.283 e. The Kier molecular flexibility index (Phi) is 1.96. The molecule has 0 radical (unpaired) electrons. The molecule has 0 spiro atoms. The number of amides is 1. The number of carbonyl (C=O) groups excluding carboxylic acids is 1. The Morgan fingerprint density at radius 2 is 2.33 bits per heavy atom. The molecular weight excluding hydrogens is 200 g/mol. The highest BCUT2D eigenvalue weighted by molar-refractivity contribution is 5.74. The summed E-state index contributed by atoms with van der Waals surface area (Å²) in [6.07, 6.45) is 1.25. The molecule has 8 nitrogen and oxygen atoms in total. The van der Waals surface area contributed by atoms with Crippen LogP contribution in [-0.2, 0) is 18.4 Å². The SMILES string of the molecule is Cn1nnc2c(=O)n(CC(N)=O)cnc21. The van der Waals surface area contributed by atoms with Crippen LogP contribution in [0.3, 0.4) is 0 Å². The first kappa shape index (κ1) is 9.31. The smallest absolute Gasteiger partial charge is 0.283 e. The van der Waals surface area contributed by atoms with Gasteiger partial charge in [-0.2, -0.15) is 0 Å². The van der Waals surface area contributed by atoms with Gasteiger partial charge in [-0.1, -0.05) is 5.21 Å². The zero-order valence-corrected chi connectivity index (χ0v) is 7.91. The van der Waals surface area contributed by atoms with Crippen molar-refractivity contribution in [1.82, 2.24) is 24.5 Å². The summed E-state index contributed by atoms with van der Waals surface area (Å²) >= 11 is 0. The topological polar surface area (TPSA) is 109 Å². The lowest BCUT2D eigenvalue weighted by molar-refractivity contribution is -0.118. The molecule has 0 atom stereocenters. The third kappa shape index (κ3) is 1.45. The van der Waals surface area contributed by atoms with Crippen LogP contribution in [0, 0.1) is 0 Å². The molecule has 2 N–H and O–H groups in total. The van der Waals surface area contributed by atoms with Crippen LogP contribution in [0.5, 0.6) is 0 Å². The minimum atomic E-state index is -0.609. The van der Waals surface area contributed by atoms with Crippen molar-refractivity contribution in [3.8, 4) is 0 Å². The molecule has 2 heterocycles. The summed E-state index contributed by atoms with van der Waals surface area (Å²) in [5.74, 6) is -0.609. The van der Waals surface area contributed by atoms with Gasteiger partial charge in [-0.15, -0.1) is 5.10 Å². The monoisotopic (exact) mass is 208 g/mol. The standard InChI is InChI=1S/C7H8N6O2/c1-12-6-5(10-11-12)7(15)13(3-9-6)2-4(8)14/h3H,2H2,1H3,(H2,8,14). The number of primary amides is 1. The van der Waals surface area contributed by atoms with E-state index in [-0.39, 0.29) is 12.1 Å². The van der Waals surface area contributed by atoms with E-state index < -0.39 is 11.5 Å². The number of aryl methyl sites for hydroxylation is 1. The molecule has 0 unspecified atom stereocenters. The minimum absolute atomic E-state index is 0.126. The molecule has 2 rings (SSSR count). The van der Waals surface area contributed by atoms with Gasteiger partial charge in [0.05, 0.1) is 0 Å². The summed E-state index contributed by atoms with van der Waals surface area (Å²) in [5.41, 5.74) is 5.05. The van der Waals surface area contributed by atoms with Crippen LogP contribution in [0.2, 0.25) is 0 Å². The van der Waals surface area contributed by atoms with Crippen LogP contribution < -0.4 is 11.3 Å². The highest BCUT2D eigenvalue weighted by Crippen LogP contribution is 1.98. The van der Waals surface area contributed by atoms with Gasteiger partial charge in [-0.3, -0.25) is 14.2 Å². The normalized spacial score (nSPS) is 10.7. The van der Waals surface area contributed by atoms with E-state index in [4.69, 9.17) is 5.73 Å². The number of carbonyl (C=O) groups is 1. The van der Waals surface area contributed by atoms with E-state index in [1.54, 1.807) is 7.05 Å². The molecule has 0 saturated heterocycles. The summed E-state index contributed by atoms with van der Waals surface area (Å²) in [4.78, 5) is 26.3. The van der Waals surface area contributed by atoms with Crippen LogP contribution in [0.4, 0.5) is 0 Å². The minimum Gasteiger partial charge on any atom is -0.368 e. The quantitative estimate of drug-likeness (QED) is 0.614. The van der Waals surface area contributed by atoms with E-state index in [2.05, 4.69) is 15.3 Å². The maximum atomic E-state index is 11.7. The highest BCUT2D eigenvalue weighted by Gasteiger charge is 2.10. The van der Waals surface area contributed by atoms with Crippen molar-refractivity contribution in [2.45, 2.75) is 6.54 Å². The Bertz CT molecular complexity index is 583. The van der Waals surface area contributed by atoms with Gasteiger partial charge in [0.15, 0.2) is 11.2 Å². The van der Waals surface area contributed by atoms with Gasteiger partial charge < -0.3 is 5.73 Å². The first-order valence-electron chi connectivity index (χ1n) is 4.12. The number of hydrogen-bond donors (Lipinski definition) is 1. The van der Waals surface area contributed by atoms with E-state index >= 15 is 0 Å². The summed E-state index contributed by atoms with van der Waals surface area (Å²) in [6, 6.07) is 0. The van der Waals surface area contributed by atoms with Gasteiger partial charge >= 0.3 is 0 Å². The number of nitrogens with zero attached hydrogens (tertiary/aromatic N) is 5. The molecule has 0 aliphatic carbocycles. The number of hydrogen-bond acceptors (Lipinski definition) is 5. The molecule has 0 aliphatic heterocycles. The zero-order chi connectivity index (χ0) is 11.0. The fourth-order valence-corrected chi connectivity index (χ4v) is 1.23. The van der Waals surface area contributed by atoms with Gasteiger partial charge in [0, 0.05) is 7.05 Å². The van der Waals surface area contributed by atoms with Crippen molar-refractivity contribution < 1.29 is 4.79 Å². The second kappa shape index (κ2) is 3.15. The zero-order valence-electron chi connectivity index (χ0n) is 7.91. The van der Waals surface area contributed by atoms with Crippen molar-refractivity contribution in [2.75, 3.05) is 0 Å². The second-order valence-corrected chi connectivity index (χ2v) is 3.03. The van der Waals surface area contributed by atoms with E-state index in [9.17, 15) is 9.59 Å². The number of aromatic nitrogens is 5. The Balaban J connectivity index is 2.66. The van der Waals surface area contributed by atoms with E-state index in [1.807, 2.05) is 0 Å². The predicted molar refractivity (Wildman–Crippen MR) is 49.8 cm³/mol. The van der Waals surface area contributed by atoms with Crippen LogP contribution in [0.15, 0.2) is 11.1 Å². The molecule has 0 aliphatic rings. The Hall–Kier alpha value is -2.25. The lowest BCUT2D eigenvalue weighted by atomic mass is 10.5. The van der Waals surface area contributed by atoms with Crippen molar-refractivity contribution >= 4 is 17.1 Å². The lowest BCUT2D eigenvalue weighted by Gasteiger charge is -2.00. The third-order valence-electron chi connectivity index (χ3n) is 1.91. The van der Waals surface area contributed by atoms with Crippen molar-refractivity contribution in [2.24, 2.45) is 12.8 Å². The van der Waals surface area contributed by atoms with Crippen LogP contribution in [0.1, 0.15) is 0 Å². The molecule has 78 valence electrons. The number of rotatable bonds is 2. The van der Waals surface area contributed by atoms with Crippen LogP contribution in [0.25, 0.3) is 11.2 Å². The van der Waals surface area contributed by atoms with Gasteiger partial charge in [-0.05, 0) is 0 Å². The maximum absolute atomic E-state index is 11.7. The summed E-state index contributed by atoms with van der Waals surface area (Å²) in [6.45, 7) is -0.210. The van der Waals surface area contributed by atoms with Crippen LogP contribution >= 0.6 is 0 Å². The Morgan fingerprint density at radius 3 is 3.00 bits per heavy atom. The summed E-state index contributed by atoms with van der Waals surface area (Å²) < 4.78 is 2.48. The van der Waals surface area contributed by atoms with E-state index in [0.29, 0.717) is 5.65 Å². The first-order chi connectivity index (χ1) is 7.09. The molecule has 2 aromatic heterocycles. The first-order valence-corrected chi connectivity index (χ1v) is 4.12. The summed E-state index contributed by atoms with van der Waals surface area (Å²) in [5, 5.41) is 7.30. The molecule has 0 bridgehead atoms. The predicted octanol–water partition coefficient (Wildman–Crippen LogP) is -1.99. The molecule has 8 heteroatoms. The fraction of sp³-hybridized carbons (Fsp3) is 0.286. The van der Waals surface area contributed by atoms with Crippen LogP contribution in [-0.4, -0.2) is 30.5 Å². The fourth-order valence-electron chi connectivity index (χ4n) is 1.23. The lowest BCUT2D eigenvalue weighted by Crippen LogP contribution is -2.28. The van der Waals surface area contributed by atoms with Crippen molar-refractivity contribution in [1.29, 1.82) is 0 Å². The average Bonchev–Trinajstić information content (AvgIpc) is 2.53. The molecule has 2 aromatic rings. The van der Waals surface area contributed by atoms with Gasteiger partial charge in [0.25, 0.3) is 5.56 Å². The van der Waals surface area contributed by atoms with Gasteiger partial charge in [-0.25, -0.2) is 9.67 Å². The Labute approximate surface area is 83.3 Å². The molecule has 0 saturated carbocycles. The summed E-state index contributed by atoms with van der Waals surface area (Å²) in [7, 11) is 1.63. The largest absolute Gasteiger partial charge is 0.368 e. The second-order valence-electron chi connectivity index (χ2n) is 3.03. The third-order valence-corrected chi connectivity index (χ3v) is 1.91. The van der Waals surface area contributed by atoms with Crippen molar-refractivity contribution in [3.05, 3.63) is 16.7 Å². The van der Waals surface area contributed by atoms with Gasteiger partial charge in [0.1, 0.15) is 12.9 Å². The Morgan fingerprint density at radius 1 is 1.60 bits per heavy atom. The molecular formula is C7H8N6O2. The molecule has 1 amide bonds. The average molecular weight is 208 g/mol. The highest BCUT2D eigenvalue weighted by atomic mass is 16.2. The van der Waals surface area contributed by atoms with E-state index in [0.717, 1.165) is 4.57 Å². The molecule has 0 aromatic carbocycles.